The van der Waals surface area contributed by atoms with Gasteiger partial charge in [0.2, 0.25) is 0 Å². The van der Waals surface area contributed by atoms with E-state index >= 15 is 0 Å². The summed E-state index contributed by atoms with van der Waals surface area (Å²) in [7, 11) is 0. The SMILES string of the molecule is CC(=O)SCC(O)C(O)c1ccc(F)c(C#N)c1. The average Bonchev–Trinajstić information content (AvgIpc) is 2.35. The lowest BCUT2D eigenvalue weighted by Crippen LogP contribution is -2.21. The normalized spacial score (nSPS) is 13.7. The van der Waals surface area contributed by atoms with Gasteiger partial charge < -0.3 is 10.2 Å². The second kappa shape index (κ2) is 6.50. The molecule has 1 aromatic carbocycles. The second-order valence-electron chi connectivity index (χ2n) is 3.67. The maximum atomic E-state index is 13.1. The molecule has 0 amide bonds. The first kappa shape index (κ1) is 14.6. The minimum atomic E-state index is -1.26. The topological polar surface area (TPSA) is 81.3 Å². The van der Waals surface area contributed by atoms with Crippen LogP contribution >= 0.6 is 11.8 Å². The van der Waals surface area contributed by atoms with Crippen LogP contribution in [0, 0.1) is 17.1 Å². The molecule has 2 unspecified atom stereocenters. The van der Waals surface area contributed by atoms with Crippen LogP contribution in [0.25, 0.3) is 0 Å². The lowest BCUT2D eigenvalue weighted by Gasteiger charge is -2.17. The molecular formula is C12H12FNO3S. The zero-order valence-corrected chi connectivity index (χ0v) is 10.4. The van der Waals surface area contributed by atoms with Crippen molar-refractivity contribution in [1.82, 2.24) is 0 Å². The first-order chi connectivity index (χ1) is 8.45. The van der Waals surface area contributed by atoms with E-state index in [-0.39, 0.29) is 22.0 Å². The maximum absolute atomic E-state index is 13.1. The van der Waals surface area contributed by atoms with E-state index < -0.39 is 18.0 Å². The van der Waals surface area contributed by atoms with Gasteiger partial charge in [0.1, 0.15) is 18.0 Å². The molecule has 1 rings (SSSR count). The summed E-state index contributed by atoms with van der Waals surface area (Å²) in [5.74, 6) is -0.642. The molecule has 6 heteroatoms. The van der Waals surface area contributed by atoms with Crippen LogP contribution in [0.2, 0.25) is 0 Å². The monoisotopic (exact) mass is 269 g/mol. The number of rotatable bonds is 4. The third-order valence-corrected chi connectivity index (χ3v) is 3.19. The second-order valence-corrected chi connectivity index (χ2v) is 4.86. The van der Waals surface area contributed by atoms with Gasteiger partial charge in [-0.05, 0) is 17.7 Å². The highest BCUT2D eigenvalue weighted by molar-refractivity contribution is 8.13. The zero-order chi connectivity index (χ0) is 13.7. The fraction of sp³-hybridized carbons (Fsp3) is 0.333. The Kier molecular flexibility index (Phi) is 5.28. The molecule has 0 heterocycles. The van der Waals surface area contributed by atoms with Crippen molar-refractivity contribution in [3.05, 3.63) is 35.1 Å². The van der Waals surface area contributed by atoms with Gasteiger partial charge in [-0.1, -0.05) is 17.8 Å². The molecule has 2 N–H and O–H groups in total. The third-order valence-electron chi connectivity index (χ3n) is 2.27. The Morgan fingerprint density at radius 2 is 2.22 bits per heavy atom. The minimum absolute atomic E-state index is 0.0375. The van der Waals surface area contributed by atoms with E-state index in [4.69, 9.17) is 5.26 Å². The van der Waals surface area contributed by atoms with E-state index in [0.29, 0.717) is 0 Å². The van der Waals surface area contributed by atoms with Gasteiger partial charge in [-0.2, -0.15) is 5.26 Å². The number of hydrogen-bond donors (Lipinski definition) is 2. The van der Waals surface area contributed by atoms with Crippen molar-refractivity contribution in [3.8, 4) is 6.07 Å². The van der Waals surface area contributed by atoms with Crippen molar-refractivity contribution >= 4 is 16.9 Å². The molecule has 0 bridgehead atoms. The van der Waals surface area contributed by atoms with Crippen LogP contribution in [0.3, 0.4) is 0 Å². The standard InChI is InChI=1S/C12H12FNO3S/c1-7(15)18-6-11(16)12(17)8-2-3-10(13)9(4-8)5-14/h2-4,11-12,16-17H,6H2,1H3. The van der Waals surface area contributed by atoms with Crippen molar-refractivity contribution in [3.63, 3.8) is 0 Å². The van der Waals surface area contributed by atoms with Crippen LogP contribution in [-0.4, -0.2) is 27.2 Å². The summed E-state index contributed by atoms with van der Waals surface area (Å²) in [5.41, 5.74) is 0.0440. The van der Waals surface area contributed by atoms with Gasteiger partial charge in [0.05, 0.1) is 11.7 Å². The summed E-state index contributed by atoms with van der Waals surface area (Å²) < 4.78 is 13.1. The van der Waals surface area contributed by atoms with Crippen molar-refractivity contribution in [2.45, 2.75) is 19.1 Å². The van der Waals surface area contributed by atoms with Crippen LogP contribution in [0.5, 0.6) is 0 Å². The number of thioether (sulfide) groups is 1. The average molecular weight is 269 g/mol. The Bertz CT molecular complexity index is 487. The summed E-state index contributed by atoms with van der Waals surface area (Å²) in [4.78, 5) is 10.7. The fourth-order valence-corrected chi connectivity index (χ4v) is 1.92. The number of carbonyl (C=O) groups is 1. The molecule has 0 aromatic heterocycles. The lowest BCUT2D eigenvalue weighted by molar-refractivity contribution is -0.109. The van der Waals surface area contributed by atoms with Gasteiger partial charge in [0.15, 0.2) is 5.12 Å². The van der Waals surface area contributed by atoms with E-state index in [9.17, 15) is 19.4 Å². The van der Waals surface area contributed by atoms with Gasteiger partial charge in [0, 0.05) is 12.7 Å². The number of hydrogen-bond acceptors (Lipinski definition) is 5. The van der Waals surface area contributed by atoms with Crippen LogP contribution < -0.4 is 0 Å². The molecule has 96 valence electrons. The van der Waals surface area contributed by atoms with E-state index in [1.807, 2.05) is 0 Å². The van der Waals surface area contributed by atoms with Gasteiger partial charge >= 0.3 is 0 Å². The van der Waals surface area contributed by atoms with Crippen molar-refractivity contribution < 1.29 is 19.4 Å². The molecule has 0 aliphatic rings. The smallest absolute Gasteiger partial charge is 0.185 e. The highest BCUT2D eigenvalue weighted by atomic mass is 32.2. The molecule has 0 radical (unpaired) electrons. The molecule has 2 atom stereocenters. The predicted molar refractivity (Wildman–Crippen MR) is 65.2 cm³/mol. The van der Waals surface area contributed by atoms with Crippen molar-refractivity contribution in [2.24, 2.45) is 0 Å². The summed E-state index contributed by atoms with van der Waals surface area (Å²) in [6, 6.07) is 5.19. The maximum Gasteiger partial charge on any atom is 0.185 e. The summed E-state index contributed by atoms with van der Waals surface area (Å²) >= 11 is 0.887. The number of benzene rings is 1. The largest absolute Gasteiger partial charge is 0.389 e. The van der Waals surface area contributed by atoms with Crippen molar-refractivity contribution in [1.29, 1.82) is 5.26 Å². The van der Waals surface area contributed by atoms with Crippen LogP contribution in [0.1, 0.15) is 24.2 Å². The molecule has 18 heavy (non-hydrogen) atoms. The number of aliphatic hydroxyl groups excluding tert-OH is 2. The van der Waals surface area contributed by atoms with Crippen LogP contribution in [-0.2, 0) is 4.79 Å². The Labute approximate surface area is 108 Å². The molecular weight excluding hydrogens is 257 g/mol. The highest BCUT2D eigenvalue weighted by Crippen LogP contribution is 2.22. The third kappa shape index (κ3) is 3.81. The van der Waals surface area contributed by atoms with Gasteiger partial charge in [0.25, 0.3) is 0 Å². The van der Waals surface area contributed by atoms with E-state index in [2.05, 4.69) is 0 Å². The first-order valence-electron chi connectivity index (χ1n) is 5.14. The molecule has 0 saturated carbocycles. The molecule has 1 aromatic rings. The quantitative estimate of drug-likeness (QED) is 0.862. The Balaban J connectivity index is 2.80. The van der Waals surface area contributed by atoms with Gasteiger partial charge in [-0.3, -0.25) is 4.79 Å². The number of nitriles is 1. The van der Waals surface area contributed by atoms with E-state index in [1.54, 1.807) is 6.07 Å². The number of carbonyl (C=O) groups excluding carboxylic acids is 1. The summed E-state index contributed by atoms with van der Waals surface area (Å²) in [5, 5.41) is 27.9. The molecule has 0 saturated heterocycles. The Morgan fingerprint density at radius 3 is 2.78 bits per heavy atom. The number of aliphatic hydroxyl groups is 2. The van der Waals surface area contributed by atoms with E-state index in [0.717, 1.165) is 17.8 Å². The van der Waals surface area contributed by atoms with Gasteiger partial charge in [-0.25, -0.2) is 4.39 Å². The van der Waals surface area contributed by atoms with Gasteiger partial charge in [-0.15, -0.1) is 0 Å². The fourth-order valence-electron chi connectivity index (χ4n) is 1.33. The summed E-state index contributed by atoms with van der Waals surface area (Å²) in [6.07, 6.45) is -2.42. The molecule has 4 nitrogen and oxygen atoms in total. The minimum Gasteiger partial charge on any atom is -0.389 e. The molecule has 0 spiro atoms. The van der Waals surface area contributed by atoms with E-state index in [1.165, 1.54) is 19.1 Å². The van der Waals surface area contributed by atoms with Crippen LogP contribution in [0.4, 0.5) is 4.39 Å². The highest BCUT2D eigenvalue weighted by Gasteiger charge is 2.20. The summed E-state index contributed by atoms with van der Waals surface area (Å²) in [6.45, 7) is 1.36. The number of halogens is 1. The van der Waals surface area contributed by atoms with Crippen molar-refractivity contribution in [2.75, 3.05) is 5.75 Å². The molecule has 0 aliphatic carbocycles. The predicted octanol–water partition coefficient (Wildman–Crippen LogP) is 1.37. The number of nitrogens with zero attached hydrogens (tertiary/aromatic N) is 1. The molecule has 0 fully saturated rings. The molecule has 0 aliphatic heterocycles. The Morgan fingerprint density at radius 1 is 1.56 bits per heavy atom. The lowest BCUT2D eigenvalue weighted by atomic mass is 10.0. The van der Waals surface area contributed by atoms with Crippen LogP contribution in [0.15, 0.2) is 18.2 Å². The zero-order valence-electron chi connectivity index (χ0n) is 9.63. The Hall–Kier alpha value is -1.42. The first-order valence-corrected chi connectivity index (χ1v) is 6.13.